The van der Waals surface area contributed by atoms with Gasteiger partial charge in [0.2, 0.25) is 5.91 Å². The van der Waals surface area contributed by atoms with Gasteiger partial charge in [-0.25, -0.2) is 41.1 Å². The third kappa shape index (κ3) is 29.6. The number of nitrogens with zero attached hydrogens (tertiary/aromatic N) is 5. The Hall–Kier alpha value is -9.96. The fourth-order valence-corrected chi connectivity index (χ4v) is 10.7. The summed E-state index contributed by atoms with van der Waals surface area (Å²) in [5.74, 6) is -3.02. The summed E-state index contributed by atoms with van der Waals surface area (Å²) < 4.78 is 112. The number of hydrogen-bond donors (Lipinski definition) is 3. The van der Waals surface area contributed by atoms with Gasteiger partial charge in [0.25, 0.3) is 11.1 Å². The first-order chi connectivity index (χ1) is 47.4. The van der Waals surface area contributed by atoms with E-state index in [-0.39, 0.29) is 50.5 Å². The van der Waals surface area contributed by atoms with Gasteiger partial charge in [0.05, 0.1) is 39.1 Å². The minimum atomic E-state index is -3.22. The normalized spacial score (nSPS) is 10.4. The van der Waals surface area contributed by atoms with Crippen molar-refractivity contribution in [3.05, 3.63) is 286 Å². The van der Waals surface area contributed by atoms with Gasteiger partial charge in [-0.15, -0.1) is 0 Å². The predicted molar refractivity (Wildman–Crippen MR) is 383 cm³/mol. The number of amides is 1. The number of fused-ring (bicyclic) bond motifs is 4. The number of hydrogen-bond acceptors (Lipinski definition) is 14. The number of benzene rings is 7. The molecule has 522 valence electrons. The molecule has 0 aliphatic carbocycles. The van der Waals surface area contributed by atoms with Crippen LogP contribution < -0.4 is 25.3 Å². The molecule has 0 unspecified atom stereocenters. The van der Waals surface area contributed by atoms with E-state index < -0.39 is 55.5 Å². The number of H-pyrrole nitrogens is 2. The summed E-state index contributed by atoms with van der Waals surface area (Å²) in [5, 5.41) is 13.1. The molecule has 11 rings (SSSR count). The smallest absolute Gasteiger partial charge is 0.339 e. The number of carbonyl (C=O) groups excluding carboxylic acids is 3. The van der Waals surface area contributed by atoms with Crippen molar-refractivity contribution in [3.63, 3.8) is 0 Å². The number of ether oxygens (including phenoxy) is 3. The summed E-state index contributed by atoms with van der Waals surface area (Å²) in [6.07, 6.45) is 11.0. The Morgan fingerprint density at radius 2 is 0.930 bits per heavy atom. The Kier molecular flexibility index (Phi) is 34.7. The zero-order valence-corrected chi connectivity index (χ0v) is 59.0. The molecule has 0 fully saturated rings. The van der Waals surface area contributed by atoms with Crippen LogP contribution in [-0.2, 0) is 29.9 Å². The number of carbonyl (C=O) groups is 4. The SMILES string of the molecule is CC(=O)OI(OC(C)=O)c1ccccc1.COc1c[nH]c(=O)c2cc(F)ccc12.COc1cnc(Cl)c2cc(F)ccc12.COc1cnc(Cl)c2cc(F)ccc12.O=C(O)/C=C/c1ccc(F)cc1.O=P(Cl)(Cl)Cl.O=c1[nH]ccc2ccc(F)cc12.[N-]=[N+]=NC(=O)/C=C/c1ccc(F)cc1. The Balaban J connectivity index is 0.000000245. The second-order valence-corrected chi connectivity index (χ2v) is 29.4. The van der Waals surface area contributed by atoms with Crippen LogP contribution in [0, 0.1) is 38.5 Å². The van der Waals surface area contributed by atoms with Crippen LogP contribution in [0.4, 0.5) is 26.3 Å². The van der Waals surface area contributed by atoms with E-state index in [4.69, 9.17) is 54.2 Å². The van der Waals surface area contributed by atoms with Gasteiger partial charge in [0, 0.05) is 55.7 Å². The van der Waals surface area contributed by atoms with Gasteiger partial charge in [0.1, 0.15) is 62.5 Å². The minimum Gasteiger partial charge on any atom is -0.495 e. The van der Waals surface area contributed by atoms with Gasteiger partial charge in [-0.2, -0.15) is 0 Å². The molecule has 0 atom stereocenters. The van der Waals surface area contributed by atoms with E-state index >= 15 is 0 Å². The summed E-state index contributed by atoms with van der Waals surface area (Å²) in [6, 6.07) is 38.7. The van der Waals surface area contributed by atoms with Crippen molar-refractivity contribution in [3.8, 4) is 17.2 Å². The Bertz CT molecular complexity index is 4800. The van der Waals surface area contributed by atoms with E-state index in [2.05, 4.69) is 63.7 Å². The van der Waals surface area contributed by atoms with Crippen molar-refractivity contribution in [2.75, 3.05) is 21.3 Å². The number of aromatic nitrogens is 4. The topological polar surface area (TPSA) is 292 Å². The molecule has 0 aliphatic heterocycles. The van der Waals surface area contributed by atoms with Gasteiger partial charge >= 0.3 is 107 Å². The molecule has 0 saturated carbocycles. The third-order valence-electron chi connectivity index (χ3n) is 11.7. The number of methoxy groups -OCH3 is 3. The van der Waals surface area contributed by atoms with Crippen molar-refractivity contribution in [2.24, 2.45) is 5.11 Å². The maximum atomic E-state index is 12.9. The second-order valence-electron chi connectivity index (χ2n) is 18.7. The van der Waals surface area contributed by atoms with Crippen LogP contribution in [-0.4, -0.2) is 70.2 Å². The van der Waals surface area contributed by atoms with Crippen LogP contribution in [0.1, 0.15) is 25.0 Å². The molecule has 4 aromatic heterocycles. The fraction of sp³-hybridized carbons (Fsp3) is 0.0746. The maximum absolute atomic E-state index is 12.9. The summed E-state index contributed by atoms with van der Waals surface area (Å²) in [6.45, 7) is 2.60. The van der Waals surface area contributed by atoms with E-state index in [9.17, 15) is 59.7 Å². The number of nitrogens with one attached hydrogen (secondary N) is 2. The van der Waals surface area contributed by atoms with Crippen LogP contribution in [0.25, 0.3) is 65.7 Å². The van der Waals surface area contributed by atoms with Crippen LogP contribution in [0.15, 0.2) is 209 Å². The number of carboxylic acid groups (broad SMARTS) is 1. The Morgan fingerprint density at radius 1 is 0.540 bits per heavy atom. The quantitative estimate of drug-likeness (QED) is 0.0168. The predicted octanol–water partition coefficient (Wildman–Crippen LogP) is 19.1. The molecule has 100 heavy (non-hydrogen) atoms. The van der Waals surface area contributed by atoms with Gasteiger partial charge < -0.3 is 29.3 Å². The van der Waals surface area contributed by atoms with Crippen LogP contribution in [0.3, 0.4) is 0 Å². The van der Waals surface area contributed by atoms with E-state index in [1.165, 1.54) is 169 Å². The Morgan fingerprint density at radius 3 is 1.35 bits per heavy atom. The molecule has 20 nitrogen and oxygen atoms in total. The van der Waals surface area contributed by atoms with E-state index in [1.807, 2.05) is 18.2 Å². The van der Waals surface area contributed by atoms with Crippen molar-refractivity contribution in [2.45, 2.75) is 13.8 Å². The fourth-order valence-electron chi connectivity index (χ4n) is 7.55. The number of pyridine rings is 4. The van der Waals surface area contributed by atoms with Gasteiger partial charge in [0.15, 0.2) is 0 Å². The third-order valence-corrected chi connectivity index (χ3v) is 16.1. The molecular formula is C67H52Cl5F6IN7O13P. The number of halogens is 12. The number of carboxylic acids is 1. The average Bonchev–Trinajstić information content (AvgIpc) is 0.821. The van der Waals surface area contributed by atoms with E-state index in [0.717, 1.165) is 31.9 Å². The maximum Gasteiger partial charge on any atom is 0.339 e. The molecular weight excluding hydrogens is 1560 g/mol. The zero-order valence-electron chi connectivity index (χ0n) is 52.2. The number of aromatic amines is 2. The summed E-state index contributed by atoms with van der Waals surface area (Å²) in [7, 11) is 4.57. The largest absolute Gasteiger partial charge is 0.495 e. The van der Waals surface area contributed by atoms with E-state index in [0.29, 0.717) is 55.3 Å². The standard InChI is InChI=1S/2C10H7ClFNO.C10H8FNO2.C10H11IO4.C9H6FN3O.C9H6FNO.C9H7FO2.Cl3OP/c2*1-14-9-5-13-10(11)8-4-6(12)2-3-7(8)9;1-14-9-5-12-10(13)8-4-6(11)2-3-7(8)9;1-8(12)14-11(15-9(2)13)10-6-4-3-5-7-10;10-8-4-1-7(2-5-8)3-6-9(14)12-13-11;10-7-2-1-6-3-4-11-9(12)8(6)5-7;10-8-4-1-7(2-5-8)3-6-9(11)12;1-5(2,3)4/h2*2-5H,1H3;2-5H,1H3,(H,12,13);3-7H,1-2H3;1-6H;1-5H,(H,11,12);1-6H,(H,11,12);/b;;;;6-3+;;6-3+;. The van der Waals surface area contributed by atoms with Crippen LogP contribution in [0.5, 0.6) is 17.2 Å². The van der Waals surface area contributed by atoms with Crippen molar-refractivity contribution >= 4 is 162 Å². The first-order valence-electron chi connectivity index (χ1n) is 27.6. The number of azide groups is 1. The van der Waals surface area contributed by atoms with Crippen molar-refractivity contribution in [1.29, 1.82) is 0 Å². The second kappa shape index (κ2) is 42.1. The van der Waals surface area contributed by atoms with Crippen molar-refractivity contribution < 1.29 is 75.5 Å². The molecule has 0 saturated heterocycles. The molecule has 4 heterocycles. The molecule has 0 radical (unpaired) electrons. The number of aliphatic carboxylic acids is 1. The molecule has 0 spiro atoms. The van der Waals surface area contributed by atoms with Crippen LogP contribution >= 0.6 is 82.8 Å². The monoisotopic (exact) mass is 1610 g/mol. The summed E-state index contributed by atoms with van der Waals surface area (Å²) in [4.78, 5) is 79.9. The van der Waals surface area contributed by atoms with Crippen molar-refractivity contribution in [1.82, 2.24) is 19.9 Å². The minimum absolute atomic E-state index is 0.257. The van der Waals surface area contributed by atoms with Gasteiger partial charge in [-0.05, 0) is 170 Å². The molecule has 33 heteroatoms. The number of rotatable bonds is 10. The van der Waals surface area contributed by atoms with Gasteiger partial charge in [-0.3, -0.25) is 18.9 Å². The summed E-state index contributed by atoms with van der Waals surface area (Å²) >= 11 is 22.9. The zero-order chi connectivity index (χ0) is 74.1. The van der Waals surface area contributed by atoms with Gasteiger partial charge in [-0.1, -0.05) is 59.6 Å². The Labute approximate surface area is 596 Å². The van der Waals surface area contributed by atoms with E-state index in [1.54, 1.807) is 42.6 Å². The molecule has 1 amide bonds. The molecule has 11 aromatic rings. The average molecular weight is 1610 g/mol. The first-order valence-corrected chi connectivity index (χ1v) is 35.6. The molecule has 7 aromatic carbocycles. The van der Waals surface area contributed by atoms with Crippen LogP contribution in [0.2, 0.25) is 10.3 Å². The summed E-state index contributed by atoms with van der Waals surface area (Å²) in [5.41, 5.74) is 8.67. The molecule has 0 bridgehead atoms. The first kappa shape index (κ1) is 82.5. The molecule has 3 N–H and O–H groups in total. The molecule has 0 aliphatic rings.